The predicted molar refractivity (Wildman–Crippen MR) is 48.5 cm³/mol. The normalized spacial score (nSPS) is 10.6. The highest BCUT2D eigenvalue weighted by Crippen LogP contribution is 2.19. The molecule has 0 bridgehead atoms. The Hall–Kier alpha value is -1.32. The summed E-state index contributed by atoms with van der Waals surface area (Å²) in [6.07, 6.45) is 0. The Labute approximate surface area is 85.3 Å². The monoisotopic (exact) mass is 232 g/mol. The molecule has 1 heterocycles. The summed E-state index contributed by atoms with van der Waals surface area (Å²) in [6.45, 7) is 0. The van der Waals surface area contributed by atoms with Gasteiger partial charge in [-0.2, -0.15) is 5.26 Å². The fourth-order valence-electron chi connectivity index (χ4n) is 0.784. The zero-order valence-corrected chi connectivity index (χ0v) is 8.63. The maximum atomic E-state index is 10.9. The summed E-state index contributed by atoms with van der Waals surface area (Å²) >= 11 is 0. The van der Waals surface area contributed by atoms with Gasteiger partial charge in [-0.05, 0) is 6.07 Å². The molecule has 0 spiro atoms. The molecule has 0 saturated carbocycles. The molecule has 0 radical (unpaired) electrons. The first-order chi connectivity index (χ1) is 6.47. The van der Waals surface area contributed by atoms with Gasteiger partial charge in [0.2, 0.25) is 5.88 Å². The van der Waals surface area contributed by atoms with Crippen molar-refractivity contribution in [3.05, 3.63) is 17.8 Å². The van der Waals surface area contributed by atoms with Crippen LogP contribution in [0.25, 0.3) is 0 Å². The van der Waals surface area contributed by atoms with Crippen molar-refractivity contribution in [2.75, 3.05) is 7.11 Å². The fraction of sp³-hybridized carbons (Fsp3) is 0.143. The number of halogens is 1. The van der Waals surface area contributed by atoms with Gasteiger partial charge in [-0.25, -0.2) is 13.4 Å². The average molecular weight is 233 g/mol. The Kier molecular flexibility index (Phi) is 2.93. The van der Waals surface area contributed by atoms with Crippen LogP contribution in [-0.2, 0) is 9.05 Å². The van der Waals surface area contributed by atoms with E-state index in [2.05, 4.69) is 4.98 Å². The van der Waals surface area contributed by atoms with E-state index >= 15 is 0 Å². The topological polar surface area (TPSA) is 80.0 Å². The van der Waals surface area contributed by atoms with Gasteiger partial charge in [-0.1, -0.05) is 0 Å². The SMILES string of the molecule is COc1cc(S(=O)(=O)Cl)cc(C#N)n1. The lowest BCUT2D eigenvalue weighted by Crippen LogP contribution is -1.97. The third kappa shape index (κ3) is 2.34. The third-order valence-electron chi connectivity index (χ3n) is 1.38. The Balaban J connectivity index is 3.41. The molecule has 7 heteroatoms. The van der Waals surface area contributed by atoms with Crippen LogP contribution in [0.2, 0.25) is 0 Å². The summed E-state index contributed by atoms with van der Waals surface area (Å²) in [4.78, 5) is 3.47. The molecule has 5 nitrogen and oxygen atoms in total. The molecule has 1 aromatic heterocycles. The van der Waals surface area contributed by atoms with E-state index in [1.807, 2.05) is 0 Å². The van der Waals surface area contributed by atoms with Crippen molar-refractivity contribution in [2.24, 2.45) is 0 Å². The van der Waals surface area contributed by atoms with E-state index in [0.717, 1.165) is 12.1 Å². The van der Waals surface area contributed by atoms with Gasteiger partial charge in [0, 0.05) is 16.7 Å². The van der Waals surface area contributed by atoms with Crippen molar-refractivity contribution in [2.45, 2.75) is 4.90 Å². The molecule has 0 amide bonds. The van der Waals surface area contributed by atoms with E-state index in [0.29, 0.717) is 0 Å². The van der Waals surface area contributed by atoms with Crippen LogP contribution in [0.3, 0.4) is 0 Å². The molecule has 0 aromatic carbocycles. The van der Waals surface area contributed by atoms with Gasteiger partial charge >= 0.3 is 0 Å². The molecule has 14 heavy (non-hydrogen) atoms. The second-order valence-electron chi connectivity index (χ2n) is 2.28. The van der Waals surface area contributed by atoms with Crippen LogP contribution >= 0.6 is 10.7 Å². The molecule has 0 saturated heterocycles. The first-order valence-corrected chi connectivity index (χ1v) is 5.69. The number of nitriles is 1. The van der Waals surface area contributed by atoms with Crippen molar-refractivity contribution >= 4 is 19.7 Å². The van der Waals surface area contributed by atoms with Crippen molar-refractivity contribution in [1.82, 2.24) is 4.98 Å². The summed E-state index contributed by atoms with van der Waals surface area (Å²) in [5.41, 5.74) is -0.0661. The molecule has 1 aromatic rings. The number of aromatic nitrogens is 1. The maximum Gasteiger partial charge on any atom is 0.261 e. The zero-order valence-electron chi connectivity index (χ0n) is 7.06. The molecule has 74 valence electrons. The minimum Gasteiger partial charge on any atom is -0.481 e. The first kappa shape index (κ1) is 10.8. The molecule has 0 N–H and O–H groups in total. The van der Waals surface area contributed by atoms with Gasteiger partial charge in [0.1, 0.15) is 11.8 Å². The van der Waals surface area contributed by atoms with E-state index in [1.165, 1.54) is 7.11 Å². The van der Waals surface area contributed by atoms with Crippen molar-refractivity contribution in [3.8, 4) is 11.9 Å². The number of methoxy groups -OCH3 is 1. The summed E-state index contributed by atoms with van der Waals surface area (Å²) in [6, 6.07) is 3.92. The second-order valence-corrected chi connectivity index (χ2v) is 4.85. The molecule has 0 atom stereocenters. The highest BCUT2D eigenvalue weighted by atomic mass is 35.7. The third-order valence-corrected chi connectivity index (χ3v) is 2.71. The van der Waals surface area contributed by atoms with Gasteiger partial charge < -0.3 is 4.74 Å². The number of ether oxygens (including phenoxy) is 1. The van der Waals surface area contributed by atoms with Crippen molar-refractivity contribution in [3.63, 3.8) is 0 Å². The molecule has 0 aliphatic heterocycles. The zero-order chi connectivity index (χ0) is 10.8. The van der Waals surface area contributed by atoms with Crippen LogP contribution in [0.5, 0.6) is 5.88 Å². The number of pyridine rings is 1. The van der Waals surface area contributed by atoms with E-state index in [4.69, 9.17) is 20.7 Å². The largest absolute Gasteiger partial charge is 0.481 e. The average Bonchev–Trinajstić information content (AvgIpc) is 2.15. The molecular formula is C7H5ClN2O3S. The predicted octanol–water partition coefficient (Wildman–Crippen LogP) is 0.889. The van der Waals surface area contributed by atoms with E-state index in [1.54, 1.807) is 6.07 Å². The molecule has 0 unspecified atom stereocenters. The summed E-state index contributed by atoms with van der Waals surface area (Å²) < 4.78 is 26.6. The number of hydrogen-bond acceptors (Lipinski definition) is 5. The Morgan fingerprint density at radius 1 is 1.57 bits per heavy atom. The fourth-order valence-corrected chi connectivity index (χ4v) is 1.55. The minimum atomic E-state index is -3.87. The standard InChI is InChI=1S/C7H5ClN2O3S/c1-13-7-3-6(14(8,11)12)2-5(4-9)10-7/h2-3H,1H3. The van der Waals surface area contributed by atoms with Crippen LogP contribution in [0.4, 0.5) is 0 Å². The van der Waals surface area contributed by atoms with Crippen LogP contribution in [0, 0.1) is 11.3 Å². The number of nitrogens with zero attached hydrogens (tertiary/aromatic N) is 2. The Morgan fingerprint density at radius 2 is 2.21 bits per heavy atom. The van der Waals surface area contributed by atoms with Crippen LogP contribution in [0.1, 0.15) is 5.69 Å². The van der Waals surface area contributed by atoms with Gasteiger partial charge in [0.15, 0.2) is 0 Å². The highest BCUT2D eigenvalue weighted by Gasteiger charge is 2.13. The minimum absolute atomic E-state index is 0.0308. The van der Waals surface area contributed by atoms with E-state index < -0.39 is 9.05 Å². The lowest BCUT2D eigenvalue weighted by atomic mass is 10.4. The first-order valence-electron chi connectivity index (χ1n) is 3.38. The molecule has 0 fully saturated rings. The van der Waals surface area contributed by atoms with Gasteiger partial charge in [0.05, 0.1) is 12.0 Å². The smallest absolute Gasteiger partial charge is 0.261 e. The van der Waals surface area contributed by atoms with Gasteiger partial charge in [0.25, 0.3) is 9.05 Å². The summed E-state index contributed by atoms with van der Waals surface area (Å²) in [5, 5.41) is 8.54. The van der Waals surface area contributed by atoms with E-state index in [-0.39, 0.29) is 16.5 Å². The van der Waals surface area contributed by atoms with Crippen molar-refractivity contribution < 1.29 is 13.2 Å². The van der Waals surface area contributed by atoms with Crippen LogP contribution in [0.15, 0.2) is 17.0 Å². The van der Waals surface area contributed by atoms with E-state index in [9.17, 15) is 8.42 Å². The Bertz CT molecular complexity index is 492. The molecule has 0 aliphatic rings. The highest BCUT2D eigenvalue weighted by molar-refractivity contribution is 8.13. The van der Waals surface area contributed by atoms with Gasteiger partial charge in [-0.3, -0.25) is 0 Å². The lowest BCUT2D eigenvalue weighted by molar-refractivity contribution is 0.396. The molecular weight excluding hydrogens is 228 g/mol. The van der Waals surface area contributed by atoms with Gasteiger partial charge in [-0.15, -0.1) is 0 Å². The lowest BCUT2D eigenvalue weighted by Gasteiger charge is -2.01. The van der Waals surface area contributed by atoms with Crippen molar-refractivity contribution in [1.29, 1.82) is 5.26 Å². The van der Waals surface area contributed by atoms with Crippen LogP contribution in [-0.4, -0.2) is 20.5 Å². The van der Waals surface area contributed by atoms with Crippen LogP contribution < -0.4 is 4.74 Å². The molecule has 1 rings (SSSR count). The number of rotatable bonds is 2. The Morgan fingerprint density at radius 3 is 2.64 bits per heavy atom. The quantitative estimate of drug-likeness (QED) is 0.708. The molecule has 0 aliphatic carbocycles. The maximum absolute atomic E-state index is 10.9. The summed E-state index contributed by atoms with van der Waals surface area (Å²) in [5.74, 6) is 0.0308. The number of hydrogen-bond donors (Lipinski definition) is 0. The second kappa shape index (κ2) is 3.82. The summed E-state index contributed by atoms with van der Waals surface area (Å²) in [7, 11) is 2.54.